The first-order valence-corrected chi connectivity index (χ1v) is 9.78. The predicted octanol–water partition coefficient (Wildman–Crippen LogP) is -0.800. The van der Waals surface area contributed by atoms with Crippen LogP contribution in [0.4, 0.5) is 4.79 Å². The Morgan fingerprint density at radius 2 is 2.00 bits per heavy atom. The first-order chi connectivity index (χ1) is 11.7. The van der Waals surface area contributed by atoms with Gasteiger partial charge in [-0.15, -0.1) is 4.28 Å². The molecule has 3 amide bonds. The summed E-state index contributed by atoms with van der Waals surface area (Å²) in [5.41, 5.74) is 0.355. The van der Waals surface area contributed by atoms with Crippen LogP contribution >= 0.6 is 0 Å². The lowest BCUT2D eigenvalue weighted by Gasteiger charge is -2.58. The largest absolute Gasteiger partial charge is 0.418 e. The van der Waals surface area contributed by atoms with Crippen molar-refractivity contribution in [3.63, 3.8) is 0 Å². The zero-order chi connectivity index (χ0) is 18.0. The molecule has 3 saturated heterocycles. The fraction of sp³-hybridized carbons (Fsp3) is 0.857. The molecular formula is C14H22N4O6S. The van der Waals surface area contributed by atoms with E-state index in [1.807, 2.05) is 0 Å². The summed E-state index contributed by atoms with van der Waals surface area (Å²) in [7, 11) is -2.69. The van der Waals surface area contributed by atoms with Crippen LogP contribution in [0.3, 0.4) is 0 Å². The van der Waals surface area contributed by atoms with Crippen molar-refractivity contribution in [1.82, 2.24) is 20.2 Å². The van der Waals surface area contributed by atoms with Crippen molar-refractivity contribution in [2.45, 2.75) is 43.8 Å². The van der Waals surface area contributed by atoms with Gasteiger partial charge in [-0.1, -0.05) is 0 Å². The van der Waals surface area contributed by atoms with Crippen LogP contribution in [0.5, 0.6) is 0 Å². The van der Waals surface area contributed by atoms with E-state index in [4.69, 9.17) is 4.55 Å². The Balaban J connectivity index is 1.35. The number of carbonyl (C=O) groups excluding carboxylic acids is 2. The molecular weight excluding hydrogens is 352 g/mol. The SMILES string of the molecule is CN1CC2(CC(NC(=O)[C@@H]3CC[C@@H]4CN3C(=O)N4OS(=O)(=O)O)C2)C1. The van der Waals surface area contributed by atoms with E-state index in [0.29, 0.717) is 23.3 Å². The average molecular weight is 374 g/mol. The second-order valence-electron chi connectivity index (χ2n) is 7.80. The summed E-state index contributed by atoms with van der Waals surface area (Å²) in [6, 6.07) is -1.66. The molecule has 3 aliphatic heterocycles. The molecule has 3 heterocycles. The zero-order valence-corrected chi connectivity index (χ0v) is 14.7. The molecule has 1 saturated carbocycles. The average Bonchev–Trinajstić information content (AvgIpc) is 2.67. The number of nitrogens with one attached hydrogen (secondary N) is 1. The maximum atomic E-state index is 12.6. The van der Waals surface area contributed by atoms with Crippen molar-refractivity contribution in [3.05, 3.63) is 0 Å². The van der Waals surface area contributed by atoms with Crippen LogP contribution in [0.25, 0.3) is 0 Å². The first-order valence-electron chi connectivity index (χ1n) is 8.42. The molecule has 0 aromatic heterocycles. The number of amides is 3. The molecule has 2 atom stereocenters. The minimum absolute atomic E-state index is 0.141. The molecule has 4 aliphatic rings. The fourth-order valence-electron chi connectivity index (χ4n) is 4.85. The molecule has 4 rings (SSSR count). The Morgan fingerprint density at radius 1 is 1.32 bits per heavy atom. The van der Waals surface area contributed by atoms with E-state index >= 15 is 0 Å². The van der Waals surface area contributed by atoms with Crippen molar-refractivity contribution >= 4 is 22.3 Å². The van der Waals surface area contributed by atoms with Crippen LogP contribution in [0.1, 0.15) is 25.7 Å². The number of nitrogens with zero attached hydrogens (tertiary/aromatic N) is 3. The molecule has 0 unspecified atom stereocenters. The van der Waals surface area contributed by atoms with Crippen LogP contribution in [0.15, 0.2) is 0 Å². The van der Waals surface area contributed by atoms with Gasteiger partial charge >= 0.3 is 16.4 Å². The van der Waals surface area contributed by atoms with E-state index in [1.54, 1.807) is 0 Å². The summed E-state index contributed by atoms with van der Waals surface area (Å²) in [5, 5.41) is 3.67. The zero-order valence-electron chi connectivity index (χ0n) is 13.9. The van der Waals surface area contributed by atoms with E-state index in [0.717, 1.165) is 25.9 Å². The third-order valence-electron chi connectivity index (χ3n) is 5.72. The molecule has 2 N–H and O–H groups in total. The van der Waals surface area contributed by atoms with Crippen LogP contribution in [0.2, 0.25) is 0 Å². The number of fused-ring (bicyclic) bond motifs is 2. The lowest BCUT2D eigenvalue weighted by Crippen LogP contribution is -2.66. The smallest absolute Gasteiger partial charge is 0.352 e. The quantitative estimate of drug-likeness (QED) is 0.618. The van der Waals surface area contributed by atoms with Crippen molar-refractivity contribution < 1.29 is 26.8 Å². The van der Waals surface area contributed by atoms with Crippen molar-refractivity contribution in [2.75, 3.05) is 26.7 Å². The van der Waals surface area contributed by atoms with Crippen LogP contribution in [0, 0.1) is 5.41 Å². The standard InChI is InChI=1S/C14H22N4O6S/c1-16-7-14(8-16)4-9(5-14)15-12(19)11-3-2-10-6-17(11)13(20)18(10)24-25(21,22)23/h9-11H,2-8H2,1H3,(H,15,19)(H,21,22,23)/t10-,11+/m1/s1. The van der Waals surface area contributed by atoms with Gasteiger partial charge in [-0.05, 0) is 38.1 Å². The van der Waals surface area contributed by atoms with Gasteiger partial charge in [-0.2, -0.15) is 13.5 Å². The Kier molecular flexibility index (Phi) is 3.76. The lowest BCUT2D eigenvalue weighted by molar-refractivity contribution is -0.131. The summed E-state index contributed by atoms with van der Waals surface area (Å²) in [4.78, 5) is 28.5. The van der Waals surface area contributed by atoms with Crippen LogP contribution in [-0.4, -0.2) is 84.6 Å². The van der Waals surface area contributed by atoms with E-state index in [9.17, 15) is 18.0 Å². The highest BCUT2D eigenvalue weighted by atomic mass is 32.3. The minimum atomic E-state index is -4.77. The van der Waals surface area contributed by atoms with E-state index in [1.165, 1.54) is 4.90 Å². The van der Waals surface area contributed by atoms with Crippen molar-refractivity contribution in [1.29, 1.82) is 0 Å². The van der Waals surface area contributed by atoms with Gasteiger partial charge in [0.15, 0.2) is 0 Å². The first kappa shape index (κ1) is 17.0. The van der Waals surface area contributed by atoms with Gasteiger partial charge < -0.3 is 15.1 Å². The predicted molar refractivity (Wildman–Crippen MR) is 84.5 cm³/mol. The Morgan fingerprint density at radius 3 is 2.60 bits per heavy atom. The van der Waals surface area contributed by atoms with Gasteiger partial charge in [0.25, 0.3) is 0 Å². The number of likely N-dealkylation sites (tertiary alicyclic amines) is 1. The highest BCUT2D eigenvalue weighted by molar-refractivity contribution is 7.80. The summed E-state index contributed by atoms with van der Waals surface area (Å²) >= 11 is 0. The number of hydrogen-bond donors (Lipinski definition) is 2. The molecule has 0 aromatic rings. The Bertz CT molecular complexity index is 698. The molecule has 140 valence electrons. The van der Waals surface area contributed by atoms with Gasteiger partial charge in [0, 0.05) is 25.7 Å². The van der Waals surface area contributed by atoms with E-state index in [-0.39, 0.29) is 18.5 Å². The summed E-state index contributed by atoms with van der Waals surface area (Å²) in [5.74, 6) is -0.201. The van der Waals surface area contributed by atoms with Crippen LogP contribution in [-0.2, 0) is 19.5 Å². The summed E-state index contributed by atoms with van der Waals surface area (Å²) in [6.45, 7) is 2.35. The molecule has 2 bridgehead atoms. The number of carbonyl (C=O) groups is 2. The van der Waals surface area contributed by atoms with Gasteiger partial charge in [-0.25, -0.2) is 4.79 Å². The third-order valence-corrected chi connectivity index (χ3v) is 6.06. The van der Waals surface area contributed by atoms with Gasteiger partial charge in [0.1, 0.15) is 6.04 Å². The minimum Gasteiger partial charge on any atom is -0.352 e. The highest BCUT2D eigenvalue weighted by Crippen LogP contribution is 2.47. The van der Waals surface area contributed by atoms with E-state index in [2.05, 4.69) is 21.5 Å². The van der Waals surface area contributed by atoms with Gasteiger partial charge in [-0.3, -0.25) is 9.35 Å². The molecule has 25 heavy (non-hydrogen) atoms. The molecule has 0 radical (unpaired) electrons. The maximum absolute atomic E-state index is 12.6. The normalized spacial score (nSPS) is 31.8. The lowest BCUT2D eigenvalue weighted by atomic mass is 9.61. The fourth-order valence-corrected chi connectivity index (χ4v) is 5.23. The molecule has 4 fully saturated rings. The number of piperidine rings is 1. The number of rotatable bonds is 4. The van der Waals surface area contributed by atoms with Crippen molar-refractivity contribution in [3.8, 4) is 0 Å². The second kappa shape index (κ2) is 5.53. The summed E-state index contributed by atoms with van der Waals surface area (Å²) in [6.07, 6.45) is 2.80. The molecule has 10 nitrogen and oxygen atoms in total. The topological polar surface area (TPSA) is 119 Å². The van der Waals surface area contributed by atoms with E-state index < -0.39 is 28.5 Å². The second-order valence-corrected chi connectivity index (χ2v) is 8.80. The molecule has 11 heteroatoms. The monoisotopic (exact) mass is 374 g/mol. The van der Waals surface area contributed by atoms with Gasteiger partial charge in [0.2, 0.25) is 5.91 Å². The van der Waals surface area contributed by atoms with Crippen molar-refractivity contribution in [2.24, 2.45) is 5.41 Å². The molecule has 0 aromatic carbocycles. The molecule has 1 spiro atoms. The summed E-state index contributed by atoms with van der Waals surface area (Å²) < 4.78 is 34.9. The maximum Gasteiger partial charge on any atom is 0.418 e. The Hall–Kier alpha value is -1.43. The van der Waals surface area contributed by atoms with Crippen LogP contribution < -0.4 is 5.32 Å². The third kappa shape index (κ3) is 2.98. The number of hydrogen-bond acceptors (Lipinski definition) is 6. The van der Waals surface area contributed by atoms with Gasteiger partial charge in [0.05, 0.1) is 6.04 Å². The highest BCUT2D eigenvalue weighted by Gasteiger charge is 2.53. The molecule has 1 aliphatic carbocycles. The Labute approximate surface area is 146 Å². The number of hydroxylamine groups is 2. The number of urea groups is 1.